The van der Waals surface area contributed by atoms with E-state index in [1.807, 2.05) is 12.3 Å². The summed E-state index contributed by atoms with van der Waals surface area (Å²) in [5, 5.41) is 4.66. The lowest BCUT2D eigenvalue weighted by Crippen LogP contribution is -2.23. The van der Waals surface area contributed by atoms with Crippen LogP contribution in [0.5, 0.6) is 0 Å². The third kappa shape index (κ3) is 4.56. The molecule has 1 aromatic carbocycles. The monoisotopic (exact) mass is 385 g/mol. The molecule has 1 N–H and O–H groups in total. The van der Waals surface area contributed by atoms with Crippen LogP contribution >= 0.6 is 23.1 Å². The highest BCUT2D eigenvalue weighted by molar-refractivity contribution is 8.01. The van der Waals surface area contributed by atoms with Gasteiger partial charge in [-0.2, -0.15) is 0 Å². The quantitative estimate of drug-likeness (QED) is 0.774. The number of rotatable bonds is 6. The first-order valence-electron chi connectivity index (χ1n) is 7.08. The third-order valence-corrected chi connectivity index (χ3v) is 7.25. The molecule has 0 saturated carbocycles. The van der Waals surface area contributed by atoms with E-state index in [2.05, 4.69) is 10.3 Å². The summed E-state index contributed by atoms with van der Waals surface area (Å²) < 4.78 is 26.6. The van der Waals surface area contributed by atoms with Crippen molar-refractivity contribution in [3.8, 4) is 0 Å². The number of hydrogen-bond donors (Lipinski definition) is 1. The molecule has 2 rings (SSSR count). The Labute approximate surface area is 150 Å². The van der Waals surface area contributed by atoms with Gasteiger partial charge in [0.1, 0.15) is 0 Å². The minimum Gasteiger partial charge on any atom is -0.325 e. The highest BCUT2D eigenvalue weighted by atomic mass is 32.2. The number of carbonyl (C=O) groups is 1. The lowest BCUT2D eigenvalue weighted by Gasteiger charge is -2.15. The Balaban J connectivity index is 2.08. The van der Waals surface area contributed by atoms with E-state index in [9.17, 15) is 13.2 Å². The van der Waals surface area contributed by atoms with Gasteiger partial charge in [0.15, 0.2) is 4.34 Å². The van der Waals surface area contributed by atoms with Crippen molar-refractivity contribution in [1.29, 1.82) is 0 Å². The van der Waals surface area contributed by atoms with E-state index in [1.54, 1.807) is 19.1 Å². The molecule has 6 nitrogen and oxygen atoms in total. The maximum absolute atomic E-state index is 12.3. The van der Waals surface area contributed by atoms with Crippen LogP contribution in [0.3, 0.4) is 0 Å². The third-order valence-electron chi connectivity index (χ3n) is 3.16. The molecule has 9 heteroatoms. The Morgan fingerprint density at radius 2 is 2.04 bits per heavy atom. The topological polar surface area (TPSA) is 79.4 Å². The highest BCUT2D eigenvalue weighted by Crippen LogP contribution is 2.24. The fourth-order valence-corrected chi connectivity index (χ4v) is 4.67. The number of thioether (sulfide) groups is 1. The number of nitrogens with one attached hydrogen (secondary N) is 1. The van der Waals surface area contributed by atoms with Crippen molar-refractivity contribution in [2.75, 3.05) is 25.2 Å². The largest absolute Gasteiger partial charge is 0.325 e. The molecule has 0 aliphatic heterocycles. The number of anilines is 1. The number of carbonyl (C=O) groups excluding carboxylic acids is 1. The average molecular weight is 386 g/mol. The highest BCUT2D eigenvalue weighted by Gasteiger charge is 2.20. The molecule has 0 spiro atoms. The Morgan fingerprint density at radius 3 is 2.62 bits per heavy atom. The zero-order valence-electron chi connectivity index (χ0n) is 13.9. The van der Waals surface area contributed by atoms with Crippen LogP contribution in [0.2, 0.25) is 0 Å². The molecule has 0 saturated heterocycles. The number of hydrogen-bond acceptors (Lipinski definition) is 6. The molecule has 0 unspecified atom stereocenters. The summed E-state index contributed by atoms with van der Waals surface area (Å²) >= 11 is 2.85. The molecule has 1 amide bonds. The molecule has 24 heavy (non-hydrogen) atoms. The van der Waals surface area contributed by atoms with E-state index in [0.717, 1.165) is 14.3 Å². The van der Waals surface area contributed by atoms with Crippen LogP contribution in [-0.2, 0) is 14.8 Å². The SMILES string of the molecule is Cc1csc(SCC(=O)Nc2ccc(C)c(S(=O)(=O)N(C)C)c2)n1. The standard InChI is InChI=1S/C15H19N3O3S3/c1-10-5-6-12(7-13(10)24(20,21)18(3)4)17-14(19)9-23-15-16-11(2)8-22-15/h5-8H,9H2,1-4H3,(H,17,19). The summed E-state index contributed by atoms with van der Waals surface area (Å²) in [5.41, 5.74) is 2.02. The van der Waals surface area contributed by atoms with E-state index in [-0.39, 0.29) is 16.6 Å². The molecule has 0 aliphatic rings. The van der Waals surface area contributed by atoms with Gasteiger partial charge < -0.3 is 5.32 Å². The molecule has 2 aromatic rings. The number of nitrogens with zero attached hydrogens (tertiary/aromatic N) is 2. The Kier molecular flexibility index (Phi) is 6.02. The van der Waals surface area contributed by atoms with Gasteiger partial charge in [-0.25, -0.2) is 17.7 Å². The van der Waals surface area contributed by atoms with Gasteiger partial charge >= 0.3 is 0 Å². The van der Waals surface area contributed by atoms with Crippen molar-refractivity contribution in [1.82, 2.24) is 9.29 Å². The summed E-state index contributed by atoms with van der Waals surface area (Å²) in [6.45, 7) is 3.63. The number of sulfonamides is 1. The van der Waals surface area contributed by atoms with E-state index in [0.29, 0.717) is 11.3 Å². The van der Waals surface area contributed by atoms with Crippen LogP contribution in [0.25, 0.3) is 0 Å². The Morgan fingerprint density at radius 1 is 1.33 bits per heavy atom. The summed E-state index contributed by atoms with van der Waals surface area (Å²) in [6, 6.07) is 4.87. The van der Waals surface area contributed by atoms with Crippen LogP contribution < -0.4 is 5.32 Å². The smallest absolute Gasteiger partial charge is 0.242 e. The van der Waals surface area contributed by atoms with Gasteiger partial charge in [0.05, 0.1) is 10.6 Å². The fraction of sp³-hybridized carbons (Fsp3) is 0.333. The zero-order chi connectivity index (χ0) is 17.9. The van der Waals surface area contributed by atoms with Gasteiger partial charge in [0, 0.05) is 30.9 Å². The number of benzene rings is 1. The summed E-state index contributed by atoms with van der Waals surface area (Å²) in [5.74, 6) is 0.0151. The molecule has 1 aromatic heterocycles. The second-order valence-electron chi connectivity index (χ2n) is 5.36. The summed E-state index contributed by atoms with van der Waals surface area (Å²) in [6.07, 6.45) is 0. The van der Waals surface area contributed by atoms with Gasteiger partial charge in [-0.05, 0) is 31.5 Å². The van der Waals surface area contributed by atoms with Crippen molar-refractivity contribution < 1.29 is 13.2 Å². The number of amides is 1. The molecular weight excluding hydrogens is 366 g/mol. The number of aryl methyl sites for hydroxylation is 2. The first-order chi connectivity index (χ1) is 11.2. The first kappa shape index (κ1) is 18.9. The molecule has 0 atom stereocenters. The Hall–Kier alpha value is -1.42. The van der Waals surface area contributed by atoms with Crippen LogP contribution in [0.15, 0.2) is 32.8 Å². The van der Waals surface area contributed by atoms with E-state index < -0.39 is 10.0 Å². The lowest BCUT2D eigenvalue weighted by molar-refractivity contribution is -0.113. The zero-order valence-corrected chi connectivity index (χ0v) is 16.3. The maximum Gasteiger partial charge on any atom is 0.242 e. The lowest BCUT2D eigenvalue weighted by atomic mass is 10.2. The molecule has 0 bridgehead atoms. The minimum absolute atomic E-state index is 0.188. The maximum atomic E-state index is 12.3. The van der Waals surface area contributed by atoms with Crippen molar-refractivity contribution in [3.05, 3.63) is 34.8 Å². The van der Waals surface area contributed by atoms with Gasteiger partial charge in [-0.15, -0.1) is 11.3 Å². The molecule has 1 heterocycles. The molecule has 0 radical (unpaired) electrons. The van der Waals surface area contributed by atoms with Crippen LogP contribution in [0.1, 0.15) is 11.3 Å². The van der Waals surface area contributed by atoms with Gasteiger partial charge in [0.2, 0.25) is 15.9 Å². The van der Waals surface area contributed by atoms with Crippen LogP contribution in [-0.4, -0.2) is 43.5 Å². The van der Waals surface area contributed by atoms with E-state index in [1.165, 1.54) is 43.3 Å². The predicted molar refractivity (Wildman–Crippen MR) is 98.3 cm³/mol. The molecule has 0 fully saturated rings. The number of thiazole rings is 1. The molecule has 130 valence electrons. The van der Waals surface area contributed by atoms with Crippen molar-refractivity contribution in [2.45, 2.75) is 23.1 Å². The number of aromatic nitrogens is 1. The van der Waals surface area contributed by atoms with Gasteiger partial charge in [-0.3, -0.25) is 4.79 Å². The van der Waals surface area contributed by atoms with Crippen LogP contribution in [0, 0.1) is 13.8 Å². The van der Waals surface area contributed by atoms with E-state index >= 15 is 0 Å². The molecular formula is C15H19N3O3S3. The van der Waals surface area contributed by atoms with Crippen LogP contribution in [0.4, 0.5) is 5.69 Å². The predicted octanol–water partition coefficient (Wildman–Crippen LogP) is 2.74. The van der Waals surface area contributed by atoms with Gasteiger partial charge in [0.25, 0.3) is 0 Å². The average Bonchev–Trinajstić information content (AvgIpc) is 2.92. The first-order valence-corrected chi connectivity index (χ1v) is 10.4. The van der Waals surface area contributed by atoms with Crippen molar-refractivity contribution in [3.63, 3.8) is 0 Å². The van der Waals surface area contributed by atoms with Crippen molar-refractivity contribution in [2.24, 2.45) is 0 Å². The second kappa shape index (κ2) is 7.64. The normalized spacial score (nSPS) is 11.7. The summed E-state index contributed by atoms with van der Waals surface area (Å²) in [4.78, 5) is 16.5. The fourth-order valence-electron chi connectivity index (χ4n) is 1.88. The van der Waals surface area contributed by atoms with Crippen molar-refractivity contribution >= 4 is 44.7 Å². The summed E-state index contributed by atoms with van der Waals surface area (Å²) in [7, 11) is -0.592. The Bertz CT molecular complexity index is 845. The van der Waals surface area contributed by atoms with Gasteiger partial charge in [-0.1, -0.05) is 17.8 Å². The second-order valence-corrected chi connectivity index (χ2v) is 9.56. The minimum atomic E-state index is -3.55. The van der Waals surface area contributed by atoms with E-state index in [4.69, 9.17) is 0 Å². The molecule has 0 aliphatic carbocycles.